The number of benzene rings is 1. The van der Waals surface area contributed by atoms with Gasteiger partial charge in [-0.2, -0.15) is 0 Å². The van der Waals surface area contributed by atoms with Crippen molar-refractivity contribution in [3.05, 3.63) is 57.8 Å². The van der Waals surface area contributed by atoms with Gasteiger partial charge in [0.2, 0.25) is 5.91 Å². The van der Waals surface area contributed by atoms with Crippen LogP contribution in [0.2, 0.25) is 0 Å². The Kier molecular flexibility index (Phi) is 6.55. The lowest BCUT2D eigenvalue weighted by Gasteiger charge is -2.21. The first-order valence-electron chi connectivity index (χ1n) is 8.15. The quantitative estimate of drug-likeness (QED) is 0.805. The molecule has 0 unspecified atom stereocenters. The maximum atomic E-state index is 12.2. The number of aryl methyl sites for hydroxylation is 1. The van der Waals surface area contributed by atoms with Gasteiger partial charge in [-0.15, -0.1) is 11.3 Å². The highest BCUT2D eigenvalue weighted by Crippen LogP contribution is 2.25. The zero-order chi connectivity index (χ0) is 17.5. The van der Waals surface area contributed by atoms with Gasteiger partial charge in [0.15, 0.2) is 0 Å². The van der Waals surface area contributed by atoms with Gasteiger partial charge in [-0.05, 0) is 36.4 Å². The molecule has 0 aliphatic carbocycles. The molecule has 128 valence electrons. The summed E-state index contributed by atoms with van der Waals surface area (Å²) < 4.78 is 0. The third kappa shape index (κ3) is 5.20. The first-order chi connectivity index (χ1) is 11.5. The van der Waals surface area contributed by atoms with Crippen LogP contribution in [0.15, 0.2) is 41.8 Å². The van der Waals surface area contributed by atoms with E-state index in [1.165, 1.54) is 0 Å². The molecule has 24 heavy (non-hydrogen) atoms. The molecular weight excluding hydrogens is 320 g/mol. The fourth-order valence-corrected chi connectivity index (χ4v) is 3.41. The van der Waals surface area contributed by atoms with Crippen molar-refractivity contribution < 1.29 is 9.59 Å². The minimum Gasteiger partial charge on any atom is -0.352 e. The van der Waals surface area contributed by atoms with E-state index in [1.807, 2.05) is 42.6 Å². The number of carbonyl (C=O) groups is 2. The van der Waals surface area contributed by atoms with E-state index >= 15 is 0 Å². The van der Waals surface area contributed by atoms with Gasteiger partial charge in [0.05, 0.1) is 6.04 Å². The molecule has 2 N–H and O–H groups in total. The second-order valence-corrected chi connectivity index (χ2v) is 7.16. The van der Waals surface area contributed by atoms with Crippen LogP contribution in [0.4, 0.5) is 0 Å². The second kappa shape index (κ2) is 8.64. The van der Waals surface area contributed by atoms with Crippen LogP contribution in [0.25, 0.3) is 0 Å². The van der Waals surface area contributed by atoms with Crippen LogP contribution >= 0.6 is 11.3 Å². The van der Waals surface area contributed by atoms with Crippen molar-refractivity contribution in [1.29, 1.82) is 0 Å². The van der Waals surface area contributed by atoms with Gasteiger partial charge < -0.3 is 10.6 Å². The van der Waals surface area contributed by atoms with E-state index in [2.05, 4.69) is 24.5 Å². The number of hydrogen-bond donors (Lipinski definition) is 2. The second-order valence-electron chi connectivity index (χ2n) is 6.18. The third-order valence-electron chi connectivity index (χ3n) is 3.75. The zero-order valence-electron chi connectivity index (χ0n) is 14.3. The Bertz CT molecular complexity index is 680. The van der Waals surface area contributed by atoms with Gasteiger partial charge >= 0.3 is 0 Å². The monoisotopic (exact) mass is 344 g/mol. The van der Waals surface area contributed by atoms with Crippen molar-refractivity contribution in [3.63, 3.8) is 0 Å². The summed E-state index contributed by atoms with van der Waals surface area (Å²) in [5, 5.41) is 7.87. The van der Waals surface area contributed by atoms with E-state index in [1.54, 1.807) is 17.4 Å². The van der Waals surface area contributed by atoms with Crippen LogP contribution in [-0.2, 0) is 4.79 Å². The van der Waals surface area contributed by atoms with Crippen LogP contribution in [0.3, 0.4) is 0 Å². The van der Waals surface area contributed by atoms with Gasteiger partial charge in [-0.25, -0.2) is 0 Å². The number of hydrogen-bond acceptors (Lipinski definition) is 3. The molecular formula is C19H24N2O2S. The van der Waals surface area contributed by atoms with E-state index in [9.17, 15) is 9.59 Å². The molecule has 0 spiro atoms. The average Bonchev–Trinajstić information content (AvgIpc) is 3.06. The summed E-state index contributed by atoms with van der Waals surface area (Å²) in [4.78, 5) is 25.4. The zero-order valence-corrected chi connectivity index (χ0v) is 15.2. The van der Waals surface area contributed by atoms with E-state index in [4.69, 9.17) is 0 Å². The van der Waals surface area contributed by atoms with Gasteiger partial charge in [-0.3, -0.25) is 9.59 Å². The summed E-state index contributed by atoms with van der Waals surface area (Å²) >= 11 is 1.64. The van der Waals surface area contributed by atoms with Crippen molar-refractivity contribution in [2.24, 2.45) is 5.92 Å². The SMILES string of the molecule is Cc1cccc(C(=O)NCCC(=O)N[C@H](c2cccs2)C(C)C)c1. The first-order valence-corrected chi connectivity index (χ1v) is 9.03. The lowest BCUT2D eigenvalue weighted by Crippen LogP contribution is -2.34. The fraction of sp³-hybridized carbons (Fsp3) is 0.368. The van der Waals surface area contributed by atoms with E-state index < -0.39 is 0 Å². The highest BCUT2D eigenvalue weighted by molar-refractivity contribution is 7.10. The Labute approximate surface area is 147 Å². The molecule has 5 heteroatoms. The van der Waals surface area contributed by atoms with Crippen molar-refractivity contribution in [3.8, 4) is 0 Å². The Morgan fingerprint density at radius 2 is 1.96 bits per heavy atom. The summed E-state index contributed by atoms with van der Waals surface area (Å²) in [5.74, 6) is 0.117. The molecule has 1 heterocycles. The number of amides is 2. The van der Waals surface area contributed by atoms with Crippen LogP contribution in [0.5, 0.6) is 0 Å². The smallest absolute Gasteiger partial charge is 0.251 e. The van der Waals surface area contributed by atoms with Crippen molar-refractivity contribution in [2.75, 3.05) is 6.54 Å². The highest BCUT2D eigenvalue weighted by atomic mass is 32.1. The molecule has 2 amide bonds. The summed E-state index contributed by atoms with van der Waals surface area (Å²) in [6, 6.07) is 11.4. The molecule has 4 nitrogen and oxygen atoms in total. The third-order valence-corrected chi connectivity index (χ3v) is 4.71. The Morgan fingerprint density at radius 1 is 1.17 bits per heavy atom. The molecule has 2 rings (SSSR count). The fourth-order valence-electron chi connectivity index (χ4n) is 2.46. The molecule has 0 aliphatic heterocycles. The highest BCUT2D eigenvalue weighted by Gasteiger charge is 2.19. The Morgan fingerprint density at radius 3 is 2.58 bits per heavy atom. The molecule has 0 saturated carbocycles. The molecule has 0 bridgehead atoms. The average molecular weight is 344 g/mol. The number of nitrogens with one attached hydrogen (secondary N) is 2. The minimum absolute atomic E-state index is 0.0185. The van der Waals surface area contributed by atoms with Gasteiger partial charge in [0.25, 0.3) is 5.91 Å². The first kappa shape index (κ1) is 18.2. The van der Waals surface area contributed by atoms with Gasteiger partial charge in [0, 0.05) is 23.4 Å². The standard InChI is InChI=1S/C19H24N2O2S/c1-13(2)18(16-8-5-11-24-16)21-17(22)9-10-20-19(23)15-7-4-6-14(3)12-15/h4-8,11-13,18H,9-10H2,1-3H3,(H,20,23)(H,21,22)/t18-/m0/s1. The van der Waals surface area contributed by atoms with Crippen molar-refractivity contribution >= 4 is 23.2 Å². The van der Waals surface area contributed by atoms with Crippen molar-refractivity contribution in [1.82, 2.24) is 10.6 Å². The minimum atomic E-state index is -0.148. The predicted molar refractivity (Wildman–Crippen MR) is 98.2 cm³/mol. The molecule has 0 radical (unpaired) electrons. The molecule has 1 aromatic carbocycles. The lowest BCUT2D eigenvalue weighted by molar-refractivity contribution is -0.122. The van der Waals surface area contributed by atoms with Crippen LogP contribution < -0.4 is 10.6 Å². The normalized spacial score (nSPS) is 12.0. The number of thiophene rings is 1. The van der Waals surface area contributed by atoms with E-state index in [-0.39, 0.29) is 24.3 Å². The van der Waals surface area contributed by atoms with Crippen LogP contribution in [0.1, 0.15) is 47.1 Å². The number of carbonyl (C=O) groups excluding carboxylic acids is 2. The van der Waals surface area contributed by atoms with Crippen molar-refractivity contribution in [2.45, 2.75) is 33.2 Å². The van der Waals surface area contributed by atoms with Gasteiger partial charge in [-0.1, -0.05) is 37.6 Å². The van der Waals surface area contributed by atoms with Crippen LogP contribution in [-0.4, -0.2) is 18.4 Å². The summed E-state index contributed by atoms with van der Waals surface area (Å²) in [6.07, 6.45) is 0.270. The Balaban J connectivity index is 1.81. The molecule has 1 aromatic heterocycles. The van der Waals surface area contributed by atoms with E-state index in [0.29, 0.717) is 18.0 Å². The molecule has 0 saturated heterocycles. The molecule has 1 atom stereocenters. The topological polar surface area (TPSA) is 58.2 Å². The lowest BCUT2D eigenvalue weighted by atomic mass is 10.0. The summed E-state index contributed by atoms with van der Waals surface area (Å²) in [6.45, 7) is 6.45. The maximum absolute atomic E-state index is 12.2. The molecule has 2 aromatic rings. The Hall–Kier alpha value is -2.14. The summed E-state index contributed by atoms with van der Waals surface area (Å²) in [5.41, 5.74) is 1.66. The van der Waals surface area contributed by atoms with E-state index in [0.717, 1.165) is 10.4 Å². The summed E-state index contributed by atoms with van der Waals surface area (Å²) in [7, 11) is 0. The number of rotatable bonds is 7. The predicted octanol–water partition coefficient (Wildman–Crippen LogP) is 3.69. The molecule has 0 aliphatic rings. The molecule has 0 fully saturated rings. The largest absolute Gasteiger partial charge is 0.352 e. The van der Waals surface area contributed by atoms with Gasteiger partial charge in [0.1, 0.15) is 0 Å². The van der Waals surface area contributed by atoms with Crippen LogP contribution in [0, 0.1) is 12.8 Å². The maximum Gasteiger partial charge on any atom is 0.251 e.